The first-order valence-electron chi connectivity index (χ1n) is 6.49. The van der Waals surface area contributed by atoms with Crippen molar-refractivity contribution in [3.63, 3.8) is 0 Å². The highest BCUT2D eigenvalue weighted by Crippen LogP contribution is 2.29. The second-order valence-electron chi connectivity index (χ2n) is 4.91. The van der Waals surface area contributed by atoms with Crippen LogP contribution in [0.3, 0.4) is 0 Å². The summed E-state index contributed by atoms with van der Waals surface area (Å²) in [6, 6.07) is 0.0411. The van der Waals surface area contributed by atoms with Gasteiger partial charge in [0.05, 0.1) is 19.3 Å². The van der Waals surface area contributed by atoms with Gasteiger partial charge >= 0.3 is 6.09 Å². The van der Waals surface area contributed by atoms with Gasteiger partial charge in [-0.05, 0) is 32.1 Å². The van der Waals surface area contributed by atoms with Crippen molar-refractivity contribution in [1.29, 1.82) is 0 Å². The van der Waals surface area contributed by atoms with Crippen LogP contribution in [0.5, 0.6) is 0 Å². The second kappa shape index (κ2) is 5.69. The van der Waals surface area contributed by atoms with Crippen LogP contribution in [0.15, 0.2) is 0 Å². The lowest BCUT2D eigenvalue weighted by atomic mass is 10.0. The highest BCUT2D eigenvalue weighted by Gasteiger charge is 2.32. The summed E-state index contributed by atoms with van der Waals surface area (Å²) in [6.07, 6.45) is 3.04. The molecule has 1 aliphatic heterocycles. The molecule has 0 aromatic heterocycles. The third-order valence-corrected chi connectivity index (χ3v) is 3.38. The number of piperidine rings is 1. The Morgan fingerprint density at radius 2 is 2.18 bits per heavy atom. The highest BCUT2D eigenvalue weighted by molar-refractivity contribution is 5.67. The second-order valence-corrected chi connectivity index (χ2v) is 4.91. The number of nitrogens with two attached hydrogens (primary N) is 1. The Morgan fingerprint density at radius 3 is 2.82 bits per heavy atom. The smallest absolute Gasteiger partial charge is 0.409 e. The molecular formula is C12H22N2O3. The number of hydrogen-bond acceptors (Lipinski definition) is 4. The quantitative estimate of drug-likeness (QED) is 0.798. The lowest BCUT2D eigenvalue weighted by Gasteiger charge is -2.36. The summed E-state index contributed by atoms with van der Waals surface area (Å²) in [5, 5.41) is 0. The lowest BCUT2D eigenvalue weighted by molar-refractivity contribution is -0.0169. The van der Waals surface area contributed by atoms with Crippen LogP contribution >= 0.6 is 0 Å². The normalized spacial score (nSPS) is 29.2. The van der Waals surface area contributed by atoms with E-state index in [0.717, 1.165) is 18.9 Å². The molecule has 1 amide bonds. The van der Waals surface area contributed by atoms with Gasteiger partial charge in [0.25, 0.3) is 0 Å². The molecule has 1 saturated carbocycles. The van der Waals surface area contributed by atoms with Gasteiger partial charge in [0.2, 0.25) is 0 Å². The van der Waals surface area contributed by atoms with Gasteiger partial charge in [0.1, 0.15) is 0 Å². The van der Waals surface area contributed by atoms with Gasteiger partial charge in [-0.15, -0.1) is 0 Å². The van der Waals surface area contributed by atoms with Gasteiger partial charge in [-0.2, -0.15) is 0 Å². The predicted octanol–water partition coefficient (Wildman–Crippen LogP) is 0.971. The van der Waals surface area contributed by atoms with Crippen LogP contribution in [0.4, 0.5) is 4.79 Å². The van der Waals surface area contributed by atoms with Crippen molar-refractivity contribution in [2.24, 2.45) is 11.7 Å². The number of likely N-dealkylation sites (tertiary alicyclic amines) is 1. The molecule has 0 spiro atoms. The van der Waals surface area contributed by atoms with E-state index >= 15 is 0 Å². The van der Waals surface area contributed by atoms with Crippen LogP contribution in [0.2, 0.25) is 0 Å². The molecule has 0 unspecified atom stereocenters. The van der Waals surface area contributed by atoms with E-state index < -0.39 is 0 Å². The number of amides is 1. The maximum atomic E-state index is 11.6. The van der Waals surface area contributed by atoms with E-state index in [1.807, 2.05) is 6.92 Å². The Balaban J connectivity index is 1.79. The summed E-state index contributed by atoms with van der Waals surface area (Å²) in [5.74, 6) is 0.722. The average molecular weight is 242 g/mol. The Kier molecular flexibility index (Phi) is 4.23. The molecule has 0 radical (unpaired) electrons. The van der Waals surface area contributed by atoms with Crippen molar-refractivity contribution < 1.29 is 14.3 Å². The van der Waals surface area contributed by atoms with Crippen LogP contribution in [-0.2, 0) is 9.47 Å². The molecule has 0 aromatic rings. The van der Waals surface area contributed by atoms with Crippen LogP contribution < -0.4 is 5.73 Å². The zero-order chi connectivity index (χ0) is 12.3. The molecule has 5 nitrogen and oxygen atoms in total. The summed E-state index contributed by atoms with van der Waals surface area (Å²) in [4.78, 5) is 13.3. The molecule has 17 heavy (non-hydrogen) atoms. The first kappa shape index (κ1) is 12.6. The van der Waals surface area contributed by atoms with Crippen molar-refractivity contribution >= 4 is 6.09 Å². The first-order chi connectivity index (χ1) is 8.20. The Morgan fingerprint density at radius 1 is 1.41 bits per heavy atom. The number of carbonyl (C=O) groups excluding carboxylic acids is 1. The number of rotatable bonds is 4. The van der Waals surface area contributed by atoms with Crippen molar-refractivity contribution in [2.45, 2.75) is 38.3 Å². The monoisotopic (exact) mass is 242 g/mol. The Hall–Kier alpha value is -0.810. The van der Waals surface area contributed by atoms with Crippen LogP contribution in [0.1, 0.15) is 26.2 Å². The first-order valence-corrected chi connectivity index (χ1v) is 6.49. The maximum absolute atomic E-state index is 11.6. The Labute approximate surface area is 102 Å². The Bertz CT molecular complexity index is 268. The average Bonchev–Trinajstić information content (AvgIpc) is 3.12. The molecule has 2 atom stereocenters. The van der Waals surface area contributed by atoms with Gasteiger partial charge in [-0.25, -0.2) is 4.79 Å². The molecule has 2 fully saturated rings. The largest absolute Gasteiger partial charge is 0.450 e. The zero-order valence-corrected chi connectivity index (χ0v) is 10.4. The molecule has 1 heterocycles. The van der Waals surface area contributed by atoms with Crippen molar-refractivity contribution in [2.75, 3.05) is 26.3 Å². The SMILES string of the molecule is CCOC(=O)N1CC[C@@H](N)[C@@H](OCC2CC2)C1. The fourth-order valence-corrected chi connectivity index (χ4v) is 2.04. The molecule has 5 heteroatoms. The molecule has 1 aliphatic carbocycles. The molecule has 0 aromatic carbocycles. The topological polar surface area (TPSA) is 64.8 Å². The number of nitrogens with zero attached hydrogens (tertiary/aromatic N) is 1. The van der Waals surface area contributed by atoms with Crippen LogP contribution in [0.25, 0.3) is 0 Å². The minimum Gasteiger partial charge on any atom is -0.450 e. The molecule has 0 bridgehead atoms. The minimum absolute atomic E-state index is 0.0336. The van der Waals surface area contributed by atoms with Crippen molar-refractivity contribution in [3.8, 4) is 0 Å². The van der Waals surface area contributed by atoms with Gasteiger partial charge in [-0.1, -0.05) is 0 Å². The summed E-state index contributed by atoms with van der Waals surface area (Å²) < 4.78 is 10.8. The van der Waals surface area contributed by atoms with E-state index in [-0.39, 0.29) is 18.2 Å². The number of hydrogen-bond donors (Lipinski definition) is 1. The minimum atomic E-state index is -0.251. The standard InChI is InChI=1S/C12H22N2O3/c1-2-16-12(15)14-6-5-10(13)11(7-14)17-8-9-3-4-9/h9-11H,2-8,13H2,1H3/t10-,11+/m1/s1. The van der Waals surface area contributed by atoms with Crippen LogP contribution in [0, 0.1) is 5.92 Å². The fraction of sp³-hybridized carbons (Fsp3) is 0.917. The fourth-order valence-electron chi connectivity index (χ4n) is 2.04. The predicted molar refractivity (Wildman–Crippen MR) is 63.7 cm³/mol. The summed E-state index contributed by atoms with van der Waals surface area (Å²) in [5.41, 5.74) is 6.02. The van der Waals surface area contributed by atoms with E-state index in [1.54, 1.807) is 4.90 Å². The third-order valence-electron chi connectivity index (χ3n) is 3.38. The van der Waals surface area contributed by atoms with E-state index in [1.165, 1.54) is 12.8 Å². The van der Waals surface area contributed by atoms with Gasteiger partial charge in [0, 0.05) is 19.2 Å². The summed E-state index contributed by atoms with van der Waals surface area (Å²) in [7, 11) is 0. The molecule has 1 saturated heterocycles. The van der Waals surface area contributed by atoms with Gasteiger partial charge < -0.3 is 20.1 Å². The maximum Gasteiger partial charge on any atom is 0.409 e. The highest BCUT2D eigenvalue weighted by atomic mass is 16.6. The van der Waals surface area contributed by atoms with Crippen molar-refractivity contribution in [1.82, 2.24) is 4.90 Å². The summed E-state index contributed by atoms with van der Waals surface area (Å²) >= 11 is 0. The number of carbonyl (C=O) groups is 1. The third kappa shape index (κ3) is 3.57. The molecular weight excluding hydrogens is 220 g/mol. The van der Waals surface area contributed by atoms with E-state index in [9.17, 15) is 4.79 Å². The lowest BCUT2D eigenvalue weighted by Crippen LogP contribution is -2.53. The van der Waals surface area contributed by atoms with E-state index in [0.29, 0.717) is 19.7 Å². The number of ether oxygens (including phenoxy) is 2. The summed E-state index contributed by atoms with van der Waals surface area (Å²) in [6.45, 7) is 4.24. The molecule has 2 N–H and O–H groups in total. The van der Waals surface area contributed by atoms with Crippen LogP contribution in [-0.4, -0.2) is 49.4 Å². The van der Waals surface area contributed by atoms with Gasteiger partial charge in [-0.3, -0.25) is 0 Å². The zero-order valence-electron chi connectivity index (χ0n) is 10.4. The molecule has 2 rings (SSSR count). The van der Waals surface area contributed by atoms with E-state index in [4.69, 9.17) is 15.2 Å². The van der Waals surface area contributed by atoms with Gasteiger partial charge in [0.15, 0.2) is 0 Å². The molecule has 98 valence electrons. The van der Waals surface area contributed by atoms with Crippen molar-refractivity contribution in [3.05, 3.63) is 0 Å². The molecule has 2 aliphatic rings. The van der Waals surface area contributed by atoms with E-state index in [2.05, 4.69) is 0 Å².